The number of oxazole rings is 1. The molecule has 4 rings (SSSR count). The maximum atomic E-state index is 5.90. The molecule has 7 heteroatoms. The van der Waals surface area contributed by atoms with Gasteiger partial charge in [-0.05, 0) is 36.4 Å². The number of benzene rings is 2. The molecule has 124 valence electrons. The number of hydrogen-bond acceptors (Lipinski definition) is 5. The fraction of sp³-hybridized carbons (Fsp3) is 0.111. The summed E-state index contributed by atoms with van der Waals surface area (Å²) in [4.78, 5) is 5.96. The number of tetrazole rings is 1. The topological polar surface area (TPSA) is 69.6 Å². The van der Waals surface area contributed by atoms with E-state index in [0.717, 1.165) is 16.8 Å². The zero-order valence-corrected chi connectivity index (χ0v) is 14.2. The first-order chi connectivity index (χ1) is 12.2. The van der Waals surface area contributed by atoms with Gasteiger partial charge in [-0.3, -0.25) is 0 Å². The predicted octanol–water partition coefficient (Wildman–Crippen LogP) is 4.01. The smallest absolute Gasteiger partial charge is 0.226 e. The van der Waals surface area contributed by atoms with Crippen LogP contribution in [0.5, 0.6) is 0 Å². The van der Waals surface area contributed by atoms with E-state index in [4.69, 9.17) is 16.0 Å². The van der Waals surface area contributed by atoms with Crippen molar-refractivity contribution in [3.8, 4) is 22.8 Å². The molecule has 0 radical (unpaired) electrons. The van der Waals surface area contributed by atoms with E-state index in [-0.39, 0.29) is 0 Å². The molecule has 0 amide bonds. The van der Waals surface area contributed by atoms with Crippen LogP contribution in [0.3, 0.4) is 0 Å². The minimum Gasteiger partial charge on any atom is -0.444 e. The van der Waals surface area contributed by atoms with Crippen molar-refractivity contribution >= 4 is 11.6 Å². The van der Waals surface area contributed by atoms with E-state index in [1.165, 1.54) is 10.4 Å². The lowest BCUT2D eigenvalue weighted by Crippen LogP contribution is -2.04. The first-order valence-corrected chi connectivity index (χ1v) is 8.10. The van der Waals surface area contributed by atoms with E-state index in [1.54, 1.807) is 18.4 Å². The molecule has 0 aliphatic rings. The Morgan fingerprint density at radius 3 is 2.48 bits per heavy atom. The van der Waals surface area contributed by atoms with Gasteiger partial charge in [-0.15, -0.1) is 10.2 Å². The quantitative estimate of drug-likeness (QED) is 0.555. The highest BCUT2D eigenvalue weighted by Crippen LogP contribution is 2.21. The Morgan fingerprint density at radius 1 is 1.00 bits per heavy atom. The summed E-state index contributed by atoms with van der Waals surface area (Å²) in [6, 6.07) is 15.3. The Bertz CT molecular complexity index is 907. The van der Waals surface area contributed by atoms with Gasteiger partial charge in [0.2, 0.25) is 11.7 Å². The largest absolute Gasteiger partial charge is 0.444 e. The third-order valence-electron chi connectivity index (χ3n) is 3.71. The van der Waals surface area contributed by atoms with Gasteiger partial charge in [0.05, 0.1) is 0 Å². The van der Waals surface area contributed by atoms with Crippen molar-refractivity contribution in [3.05, 3.63) is 71.1 Å². The Morgan fingerprint density at radius 2 is 1.72 bits per heavy atom. The number of hydrogen-bond donors (Lipinski definition) is 0. The summed E-state index contributed by atoms with van der Waals surface area (Å²) < 4.78 is 5.52. The summed E-state index contributed by atoms with van der Waals surface area (Å²) in [6.07, 6.45) is 1.60. The highest BCUT2D eigenvalue weighted by molar-refractivity contribution is 6.30. The molecule has 0 saturated heterocycles. The van der Waals surface area contributed by atoms with Crippen molar-refractivity contribution < 1.29 is 4.42 Å². The molecule has 2 heterocycles. The van der Waals surface area contributed by atoms with Gasteiger partial charge >= 0.3 is 0 Å². The molecule has 2 aromatic carbocycles. The fourth-order valence-electron chi connectivity index (χ4n) is 2.38. The molecule has 0 aliphatic carbocycles. The second kappa shape index (κ2) is 6.49. The van der Waals surface area contributed by atoms with Gasteiger partial charge in [-0.1, -0.05) is 41.4 Å². The molecule has 4 aromatic rings. The van der Waals surface area contributed by atoms with Crippen LogP contribution < -0.4 is 0 Å². The number of halogens is 1. The van der Waals surface area contributed by atoms with E-state index in [1.807, 2.05) is 43.3 Å². The van der Waals surface area contributed by atoms with Gasteiger partial charge in [0.25, 0.3) is 0 Å². The zero-order chi connectivity index (χ0) is 17.2. The lowest BCUT2D eigenvalue weighted by molar-refractivity contribution is 0.550. The van der Waals surface area contributed by atoms with Crippen LogP contribution in [0.4, 0.5) is 0 Å². The van der Waals surface area contributed by atoms with Gasteiger partial charge in [0, 0.05) is 16.1 Å². The summed E-state index contributed by atoms with van der Waals surface area (Å²) in [6.45, 7) is 2.42. The highest BCUT2D eigenvalue weighted by atomic mass is 35.5. The van der Waals surface area contributed by atoms with E-state index in [9.17, 15) is 0 Å². The van der Waals surface area contributed by atoms with E-state index >= 15 is 0 Å². The van der Waals surface area contributed by atoms with Gasteiger partial charge in [0.1, 0.15) is 18.5 Å². The van der Waals surface area contributed by atoms with Crippen molar-refractivity contribution in [1.29, 1.82) is 0 Å². The average molecular weight is 352 g/mol. The molecule has 0 bridgehead atoms. The normalized spacial score (nSPS) is 11.0. The molecular formula is C18H14ClN5O. The second-order valence-corrected chi connectivity index (χ2v) is 6.10. The Labute approximate surface area is 149 Å². The molecule has 0 atom stereocenters. The zero-order valence-electron chi connectivity index (χ0n) is 13.4. The molecule has 0 saturated carbocycles. The van der Waals surface area contributed by atoms with Crippen LogP contribution in [0.25, 0.3) is 22.8 Å². The summed E-state index contributed by atoms with van der Waals surface area (Å²) in [5, 5.41) is 13.2. The Hall–Kier alpha value is -2.99. The molecule has 0 fully saturated rings. The van der Waals surface area contributed by atoms with Crippen LogP contribution >= 0.6 is 11.6 Å². The van der Waals surface area contributed by atoms with Gasteiger partial charge < -0.3 is 4.42 Å². The molecule has 6 nitrogen and oxygen atoms in total. The van der Waals surface area contributed by atoms with Crippen molar-refractivity contribution in [3.63, 3.8) is 0 Å². The lowest BCUT2D eigenvalue weighted by Gasteiger charge is -1.96. The van der Waals surface area contributed by atoms with Gasteiger partial charge in [-0.25, -0.2) is 4.98 Å². The van der Waals surface area contributed by atoms with Crippen molar-refractivity contribution in [2.45, 2.75) is 13.5 Å². The van der Waals surface area contributed by atoms with Gasteiger partial charge in [-0.2, -0.15) is 4.80 Å². The summed E-state index contributed by atoms with van der Waals surface area (Å²) >= 11 is 5.90. The number of aromatic nitrogens is 5. The summed E-state index contributed by atoms with van der Waals surface area (Å²) in [7, 11) is 0. The number of aryl methyl sites for hydroxylation is 1. The maximum Gasteiger partial charge on any atom is 0.226 e. The van der Waals surface area contributed by atoms with Gasteiger partial charge in [0.15, 0.2) is 0 Å². The first kappa shape index (κ1) is 15.5. The molecule has 25 heavy (non-hydrogen) atoms. The molecule has 2 aromatic heterocycles. The molecular weight excluding hydrogens is 338 g/mol. The third-order valence-corrected chi connectivity index (χ3v) is 3.96. The van der Waals surface area contributed by atoms with Crippen LogP contribution in [-0.2, 0) is 6.54 Å². The standard InChI is InChI=1S/C18H14ClN5O/c1-12-2-4-13(5-3-12)17-21-23-24(22-17)10-16-11-25-18(20-16)14-6-8-15(19)9-7-14/h2-9,11H,10H2,1H3. The van der Waals surface area contributed by atoms with Crippen LogP contribution in [-0.4, -0.2) is 25.2 Å². The van der Waals surface area contributed by atoms with E-state index in [0.29, 0.717) is 23.3 Å². The summed E-state index contributed by atoms with van der Waals surface area (Å²) in [5.41, 5.74) is 3.70. The van der Waals surface area contributed by atoms with Crippen LogP contribution in [0.15, 0.2) is 59.2 Å². The van der Waals surface area contributed by atoms with Crippen molar-refractivity contribution in [2.24, 2.45) is 0 Å². The van der Waals surface area contributed by atoms with Crippen LogP contribution in [0.1, 0.15) is 11.3 Å². The van der Waals surface area contributed by atoms with Crippen molar-refractivity contribution in [2.75, 3.05) is 0 Å². The van der Waals surface area contributed by atoms with Crippen LogP contribution in [0, 0.1) is 6.92 Å². The maximum absolute atomic E-state index is 5.90. The minimum absolute atomic E-state index is 0.385. The second-order valence-electron chi connectivity index (χ2n) is 5.66. The monoisotopic (exact) mass is 351 g/mol. The van der Waals surface area contributed by atoms with E-state index < -0.39 is 0 Å². The first-order valence-electron chi connectivity index (χ1n) is 7.72. The highest BCUT2D eigenvalue weighted by Gasteiger charge is 2.10. The molecule has 0 unspecified atom stereocenters. The van der Waals surface area contributed by atoms with E-state index in [2.05, 4.69) is 20.4 Å². The molecule has 0 aliphatic heterocycles. The Kier molecular flexibility index (Phi) is 4.03. The number of rotatable bonds is 4. The van der Waals surface area contributed by atoms with Crippen LogP contribution in [0.2, 0.25) is 5.02 Å². The SMILES string of the molecule is Cc1ccc(-c2nnn(Cc3coc(-c4ccc(Cl)cc4)n3)n2)cc1. The Balaban J connectivity index is 1.51. The third kappa shape index (κ3) is 3.44. The lowest BCUT2D eigenvalue weighted by atomic mass is 10.1. The van der Waals surface area contributed by atoms with Crippen molar-refractivity contribution in [1.82, 2.24) is 25.2 Å². The average Bonchev–Trinajstić information content (AvgIpc) is 3.27. The summed E-state index contributed by atoms with van der Waals surface area (Å²) in [5.74, 6) is 1.12. The molecule has 0 spiro atoms. The number of nitrogens with zero attached hydrogens (tertiary/aromatic N) is 5. The fourth-order valence-corrected chi connectivity index (χ4v) is 2.50. The minimum atomic E-state index is 0.385. The molecule has 0 N–H and O–H groups in total. The predicted molar refractivity (Wildman–Crippen MR) is 94.0 cm³/mol.